The first-order chi connectivity index (χ1) is 12.0. The van der Waals surface area contributed by atoms with Crippen molar-refractivity contribution < 1.29 is 10.2 Å². The van der Waals surface area contributed by atoms with Gasteiger partial charge in [0, 0.05) is 5.41 Å². The van der Waals surface area contributed by atoms with Crippen LogP contribution < -0.4 is 0 Å². The lowest BCUT2D eigenvalue weighted by atomic mass is 9.58. The van der Waals surface area contributed by atoms with Crippen molar-refractivity contribution in [3.05, 3.63) is 76.9 Å². The second kappa shape index (κ2) is 5.79. The van der Waals surface area contributed by atoms with Crippen molar-refractivity contribution in [1.82, 2.24) is 0 Å². The van der Waals surface area contributed by atoms with Gasteiger partial charge in [0.05, 0.1) is 0 Å². The molecule has 2 aliphatic rings. The third-order valence-electron chi connectivity index (χ3n) is 5.83. The summed E-state index contributed by atoms with van der Waals surface area (Å²) in [5.74, 6) is 2.88. The quantitative estimate of drug-likeness (QED) is 0.647. The fraction of sp³-hybridized carbons (Fsp3) is 0.304. The van der Waals surface area contributed by atoms with Gasteiger partial charge in [0.2, 0.25) is 0 Å². The summed E-state index contributed by atoms with van der Waals surface area (Å²) in [7, 11) is 0. The molecule has 4 rings (SSSR count). The fourth-order valence-electron chi connectivity index (χ4n) is 4.56. The Morgan fingerprint density at radius 3 is 2.60 bits per heavy atom. The highest BCUT2D eigenvalue weighted by Crippen LogP contribution is 2.51. The molecular weight excluding hydrogens is 308 g/mol. The van der Waals surface area contributed by atoms with E-state index in [0.29, 0.717) is 12.2 Å². The first kappa shape index (κ1) is 16.0. The molecule has 2 nitrogen and oxygen atoms in total. The molecule has 0 amide bonds. The summed E-state index contributed by atoms with van der Waals surface area (Å²) in [5, 5.41) is 20.5. The first-order valence-corrected chi connectivity index (χ1v) is 8.83. The topological polar surface area (TPSA) is 40.5 Å². The summed E-state index contributed by atoms with van der Waals surface area (Å²) >= 11 is 0. The lowest BCUT2D eigenvalue weighted by Gasteiger charge is -2.47. The number of aliphatic hydroxyl groups is 1. The Labute approximate surface area is 148 Å². The van der Waals surface area contributed by atoms with E-state index in [1.807, 2.05) is 18.2 Å². The second-order valence-electron chi connectivity index (χ2n) is 7.32. The van der Waals surface area contributed by atoms with Crippen molar-refractivity contribution in [3.63, 3.8) is 0 Å². The Morgan fingerprint density at radius 1 is 1.04 bits per heavy atom. The molecule has 0 saturated heterocycles. The van der Waals surface area contributed by atoms with Gasteiger partial charge in [0.1, 0.15) is 11.4 Å². The molecule has 2 heteroatoms. The van der Waals surface area contributed by atoms with E-state index >= 15 is 0 Å². The summed E-state index contributed by atoms with van der Waals surface area (Å²) in [6.45, 7) is 0. The average molecular weight is 330 g/mol. The van der Waals surface area contributed by atoms with Crippen molar-refractivity contribution in [1.29, 1.82) is 0 Å². The van der Waals surface area contributed by atoms with E-state index in [2.05, 4.69) is 36.3 Å². The van der Waals surface area contributed by atoms with Gasteiger partial charge in [0.25, 0.3) is 0 Å². The second-order valence-corrected chi connectivity index (χ2v) is 7.32. The predicted octanol–water partition coefficient (Wildman–Crippen LogP) is 3.90. The molecule has 2 aromatic rings. The van der Waals surface area contributed by atoms with E-state index < -0.39 is 5.60 Å². The minimum Gasteiger partial charge on any atom is -0.508 e. The zero-order valence-corrected chi connectivity index (χ0v) is 14.2. The van der Waals surface area contributed by atoms with E-state index in [4.69, 9.17) is 6.42 Å². The number of phenols is 1. The minimum atomic E-state index is -1.13. The molecule has 2 aromatic carbocycles. The molecule has 2 N–H and O–H groups in total. The largest absolute Gasteiger partial charge is 0.508 e. The minimum absolute atomic E-state index is 0.147. The molecule has 2 atom stereocenters. The highest BCUT2D eigenvalue weighted by molar-refractivity contribution is 5.52. The van der Waals surface area contributed by atoms with Gasteiger partial charge in [-0.15, -0.1) is 6.42 Å². The third kappa shape index (κ3) is 2.65. The van der Waals surface area contributed by atoms with Crippen LogP contribution in [0.1, 0.15) is 36.0 Å². The van der Waals surface area contributed by atoms with Crippen LogP contribution in [-0.4, -0.2) is 15.8 Å². The van der Waals surface area contributed by atoms with Crippen molar-refractivity contribution >= 4 is 0 Å². The van der Waals surface area contributed by atoms with Crippen LogP contribution in [0.25, 0.3) is 0 Å². The molecule has 0 heterocycles. The number of benzene rings is 2. The highest BCUT2D eigenvalue weighted by atomic mass is 16.3. The monoisotopic (exact) mass is 330 g/mol. The molecule has 0 fully saturated rings. The first-order valence-electron chi connectivity index (χ1n) is 8.83. The number of allylic oxidation sites excluding steroid dienone is 1. The van der Waals surface area contributed by atoms with Crippen molar-refractivity contribution in [2.45, 2.75) is 43.1 Å². The molecule has 0 radical (unpaired) electrons. The number of aromatic hydroxyl groups is 1. The molecule has 0 spiro atoms. The maximum atomic E-state index is 10.6. The van der Waals surface area contributed by atoms with Gasteiger partial charge in [-0.2, -0.15) is 0 Å². The number of hydrogen-bond acceptors (Lipinski definition) is 2. The third-order valence-corrected chi connectivity index (χ3v) is 5.83. The van der Waals surface area contributed by atoms with Gasteiger partial charge in [0.15, 0.2) is 0 Å². The van der Waals surface area contributed by atoms with Crippen LogP contribution in [-0.2, 0) is 18.3 Å². The zero-order valence-electron chi connectivity index (χ0n) is 14.2. The highest BCUT2D eigenvalue weighted by Gasteiger charge is 2.46. The van der Waals surface area contributed by atoms with E-state index in [-0.39, 0.29) is 5.41 Å². The van der Waals surface area contributed by atoms with Crippen LogP contribution in [0, 0.1) is 12.3 Å². The van der Waals surface area contributed by atoms with Crippen molar-refractivity contribution in [2.75, 3.05) is 0 Å². The van der Waals surface area contributed by atoms with Crippen LogP contribution in [0.15, 0.2) is 60.2 Å². The van der Waals surface area contributed by atoms with E-state index in [9.17, 15) is 10.2 Å². The van der Waals surface area contributed by atoms with Gasteiger partial charge in [-0.05, 0) is 67.0 Å². The predicted molar refractivity (Wildman–Crippen MR) is 99.4 cm³/mol. The molecule has 25 heavy (non-hydrogen) atoms. The summed E-state index contributed by atoms with van der Waals surface area (Å²) in [4.78, 5) is 0. The van der Waals surface area contributed by atoms with Crippen LogP contribution in [0.4, 0.5) is 0 Å². The van der Waals surface area contributed by atoms with Crippen LogP contribution in [0.2, 0.25) is 0 Å². The number of rotatable bonds is 2. The van der Waals surface area contributed by atoms with Crippen molar-refractivity contribution in [2.24, 2.45) is 0 Å². The Balaban J connectivity index is 1.88. The summed E-state index contributed by atoms with van der Waals surface area (Å²) in [5.41, 5.74) is 3.71. The van der Waals surface area contributed by atoms with Crippen LogP contribution >= 0.6 is 0 Å². The lowest BCUT2D eigenvalue weighted by Crippen LogP contribution is -2.43. The molecule has 0 unspecified atom stereocenters. The molecule has 0 bridgehead atoms. The molecule has 126 valence electrons. The Kier molecular flexibility index (Phi) is 3.71. The smallest absolute Gasteiger partial charge is 0.144 e. The standard InChI is InChI=1S/C23H22O2/c1-2-22(25)12-13-23(15-17-6-4-3-5-7-17)19(16-22)9-8-18-14-20(24)10-11-21(18)23/h1,3-7,10-11,14,16,24-25H,8-9,12-13,15H2/t22-,23-/m1/s1. The van der Waals surface area contributed by atoms with Gasteiger partial charge in [-0.1, -0.05) is 47.9 Å². The number of fused-ring (bicyclic) bond motifs is 3. The van der Waals surface area contributed by atoms with Gasteiger partial charge < -0.3 is 10.2 Å². The summed E-state index contributed by atoms with van der Waals surface area (Å²) < 4.78 is 0. The van der Waals surface area contributed by atoms with Gasteiger partial charge in [-0.3, -0.25) is 0 Å². The fourth-order valence-corrected chi connectivity index (χ4v) is 4.56. The SMILES string of the molecule is C#C[C@]1(O)C=C2CCc3cc(O)ccc3[C@@]2(Cc2ccccc2)CC1. The van der Waals surface area contributed by atoms with Crippen molar-refractivity contribution in [3.8, 4) is 18.1 Å². The normalized spacial score (nSPS) is 27.6. The van der Waals surface area contributed by atoms with Gasteiger partial charge >= 0.3 is 0 Å². The molecule has 0 aromatic heterocycles. The molecule has 0 saturated carbocycles. The van der Waals surface area contributed by atoms with E-state index in [0.717, 1.165) is 25.7 Å². The Hall–Kier alpha value is -2.50. The van der Waals surface area contributed by atoms with Gasteiger partial charge in [-0.25, -0.2) is 0 Å². The Bertz CT molecular complexity index is 875. The van der Waals surface area contributed by atoms with E-state index in [1.54, 1.807) is 6.07 Å². The lowest BCUT2D eigenvalue weighted by molar-refractivity contribution is 0.116. The van der Waals surface area contributed by atoms with Crippen LogP contribution in [0.5, 0.6) is 5.75 Å². The summed E-state index contributed by atoms with van der Waals surface area (Å²) in [6.07, 6.45) is 11.5. The number of terminal acetylenes is 1. The Morgan fingerprint density at radius 2 is 1.84 bits per heavy atom. The average Bonchev–Trinajstić information content (AvgIpc) is 2.63. The number of hydrogen-bond donors (Lipinski definition) is 2. The van der Waals surface area contributed by atoms with E-state index in [1.165, 1.54) is 22.3 Å². The maximum Gasteiger partial charge on any atom is 0.144 e. The number of phenolic OH excluding ortho intramolecular Hbond substituents is 1. The molecule has 2 aliphatic carbocycles. The summed E-state index contributed by atoms with van der Waals surface area (Å²) in [6, 6.07) is 16.2. The maximum absolute atomic E-state index is 10.6. The number of aryl methyl sites for hydroxylation is 1. The molecule has 0 aliphatic heterocycles. The van der Waals surface area contributed by atoms with Crippen LogP contribution in [0.3, 0.4) is 0 Å². The zero-order chi connectivity index (χ0) is 17.5. The molecular formula is C23H22O2.